The molecule has 0 fully saturated rings. The molecule has 1 heterocycles. The van der Waals surface area contributed by atoms with Gasteiger partial charge in [0, 0.05) is 11.0 Å². The maximum atomic E-state index is 12.0. The van der Waals surface area contributed by atoms with Crippen LogP contribution < -0.4 is 0 Å². The third-order valence-electron chi connectivity index (χ3n) is 4.28. The molecule has 1 aliphatic heterocycles. The molecule has 2 aromatic carbocycles. The Hall–Kier alpha value is -2.13. The zero-order chi connectivity index (χ0) is 16.0. The van der Waals surface area contributed by atoms with Crippen molar-refractivity contribution in [2.24, 2.45) is 5.41 Å². The summed E-state index contributed by atoms with van der Waals surface area (Å²) in [5.41, 5.74) is 2.43. The summed E-state index contributed by atoms with van der Waals surface area (Å²) in [4.78, 5) is 22.9. The van der Waals surface area contributed by atoms with Gasteiger partial charge in [-0.1, -0.05) is 68.8 Å². The van der Waals surface area contributed by atoms with Crippen molar-refractivity contribution in [1.82, 2.24) is 0 Å². The summed E-state index contributed by atoms with van der Waals surface area (Å²) in [7, 11) is 0. The Labute approximate surface area is 130 Å². The minimum atomic E-state index is -0.828. The minimum Gasteiger partial charge on any atom is -0.292 e. The summed E-state index contributed by atoms with van der Waals surface area (Å²) in [6, 6.07) is 15.7. The Morgan fingerprint density at radius 2 is 1.59 bits per heavy atom. The van der Waals surface area contributed by atoms with Crippen molar-refractivity contribution in [2.75, 3.05) is 0 Å². The van der Waals surface area contributed by atoms with E-state index >= 15 is 0 Å². The van der Waals surface area contributed by atoms with Crippen LogP contribution in [0.15, 0.2) is 48.5 Å². The van der Waals surface area contributed by atoms with E-state index in [2.05, 4.69) is 20.8 Å². The standard InChI is InChI=1S/C19H20O3/c1-13-9-11-14(12-10-13)19(18(2,3)4)16-8-6-5-7-15(16)17(20)21-22-19/h5-12H,1-4H3. The van der Waals surface area contributed by atoms with Crippen molar-refractivity contribution in [3.05, 3.63) is 70.8 Å². The van der Waals surface area contributed by atoms with E-state index in [1.807, 2.05) is 49.4 Å². The molecule has 0 aliphatic carbocycles. The fourth-order valence-electron chi connectivity index (χ4n) is 3.11. The molecule has 0 amide bonds. The van der Waals surface area contributed by atoms with Crippen molar-refractivity contribution in [1.29, 1.82) is 0 Å². The predicted molar refractivity (Wildman–Crippen MR) is 84.4 cm³/mol. The first-order valence-corrected chi connectivity index (χ1v) is 7.43. The van der Waals surface area contributed by atoms with Crippen LogP contribution in [-0.2, 0) is 15.4 Å². The van der Waals surface area contributed by atoms with Gasteiger partial charge in [0.05, 0.1) is 5.56 Å². The van der Waals surface area contributed by atoms with E-state index in [0.717, 1.165) is 11.1 Å². The maximum absolute atomic E-state index is 12.0. The maximum Gasteiger partial charge on any atom is 0.373 e. The van der Waals surface area contributed by atoms with Gasteiger partial charge in [-0.3, -0.25) is 4.89 Å². The molecule has 2 aromatic rings. The number of hydrogen-bond donors (Lipinski definition) is 0. The van der Waals surface area contributed by atoms with Crippen LogP contribution in [-0.4, -0.2) is 5.97 Å². The Bertz CT molecular complexity index is 710. The van der Waals surface area contributed by atoms with Crippen LogP contribution in [0.1, 0.15) is 47.8 Å². The highest BCUT2D eigenvalue weighted by Gasteiger charge is 2.53. The molecule has 0 N–H and O–H groups in total. The van der Waals surface area contributed by atoms with Crippen LogP contribution >= 0.6 is 0 Å². The van der Waals surface area contributed by atoms with Gasteiger partial charge in [-0.2, -0.15) is 4.89 Å². The van der Waals surface area contributed by atoms with Gasteiger partial charge < -0.3 is 0 Å². The van der Waals surface area contributed by atoms with E-state index in [4.69, 9.17) is 9.78 Å². The number of benzene rings is 2. The van der Waals surface area contributed by atoms with Gasteiger partial charge in [0.2, 0.25) is 0 Å². The SMILES string of the molecule is Cc1ccc(C2(C(C)(C)C)OOC(=O)c3ccccc32)cc1. The number of carbonyl (C=O) groups is 1. The zero-order valence-corrected chi connectivity index (χ0v) is 13.3. The van der Waals surface area contributed by atoms with Crippen molar-refractivity contribution >= 4 is 5.97 Å². The summed E-state index contributed by atoms with van der Waals surface area (Å²) in [5.74, 6) is -0.442. The average Bonchev–Trinajstić information content (AvgIpc) is 2.48. The first-order valence-electron chi connectivity index (χ1n) is 7.43. The van der Waals surface area contributed by atoms with Crippen molar-refractivity contribution in [3.63, 3.8) is 0 Å². The first-order chi connectivity index (χ1) is 10.4. The fourth-order valence-corrected chi connectivity index (χ4v) is 3.11. The van der Waals surface area contributed by atoms with Crippen LogP contribution in [0.3, 0.4) is 0 Å². The third kappa shape index (κ3) is 2.04. The average molecular weight is 296 g/mol. The van der Waals surface area contributed by atoms with Gasteiger partial charge >= 0.3 is 5.97 Å². The van der Waals surface area contributed by atoms with E-state index in [1.54, 1.807) is 6.07 Å². The first kappa shape index (κ1) is 14.8. The number of aryl methyl sites for hydroxylation is 1. The lowest BCUT2D eigenvalue weighted by molar-refractivity contribution is -0.340. The molecule has 1 aliphatic rings. The Kier molecular flexibility index (Phi) is 3.33. The highest BCUT2D eigenvalue weighted by atomic mass is 17.2. The Morgan fingerprint density at radius 1 is 0.955 bits per heavy atom. The molecule has 1 atom stereocenters. The quantitative estimate of drug-likeness (QED) is 0.732. The van der Waals surface area contributed by atoms with E-state index < -0.39 is 11.6 Å². The van der Waals surface area contributed by atoms with Crippen molar-refractivity contribution in [2.45, 2.75) is 33.3 Å². The lowest BCUT2D eigenvalue weighted by atomic mass is 9.67. The van der Waals surface area contributed by atoms with Crippen molar-refractivity contribution in [3.8, 4) is 0 Å². The molecule has 0 bridgehead atoms. The number of rotatable bonds is 1. The summed E-state index contributed by atoms with van der Waals surface area (Å²) < 4.78 is 0. The lowest BCUT2D eigenvalue weighted by Crippen LogP contribution is -2.48. The Balaban J connectivity index is 2.32. The highest BCUT2D eigenvalue weighted by molar-refractivity contribution is 5.92. The molecule has 3 rings (SSSR count). The highest BCUT2D eigenvalue weighted by Crippen LogP contribution is 2.51. The van der Waals surface area contributed by atoms with E-state index in [1.165, 1.54) is 5.56 Å². The second-order valence-corrected chi connectivity index (χ2v) is 6.80. The summed E-state index contributed by atoms with van der Waals surface area (Å²) >= 11 is 0. The molecule has 1 unspecified atom stereocenters. The van der Waals surface area contributed by atoms with Crippen LogP contribution in [0.5, 0.6) is 0 Å². The van der Waals surface area contributed by atoms with Gasteiger partial charge in [0.1, 0.15) is 0 Å². The second-order valence-electron chi connectivity index (χ2n) is 6.80. The van der Waals surface area contributed by atoms with Crippen LogP contribution in [0.25, 0.3) is 0 Å². The van der Waals surface area contributed by atoms with Crippen LogP contribution in [0, 0.1) is 12.3 Å². The summed E-state index contributed by atoms with van der Waals surface area (Å²) in [6.45, 7) is 8.30. The molecule has 0 saturated carbocycles. The van der Waals surface area contributed by atoms with E-state index in [9.17, 15) is 4.79 Å². The molecule has 3 heteroatoms. The normalized spacial score (nSPS) is 21.2. The fraction of sp³-hybridized carbons (Fsp3) is 0.316. The van der Waals surface area contributed by atoms with E-state index in [-0.39, 0.29) is 5.41 Å². The molecule has 0 radical (unpaired) electrons. The molecule has 0 aromatic heterocycles. The smallest absolute Gasteiger partial charge is 0.292 e. The van der Waals surface area contributed by atoms with Crippen LogP contribution in [0.2, 0.25) is 0 Å². The topological polar surface area (TPSA) is 35.5 Å². The molecular weight excluding hydrogens is 276 g/mol. The van der Waals surface area contributed by atoms with Gasteiger partial charge in [0.15, 0.2) is 5.60 Å². The Morgan fingerprint density at radius 3 is 2.23 bits per heavy atom. The molecule has 0 spiro atoms. The van der Waals surface area contributed by atoms with Gasteiger partial charge in [0.25, 0.3) is 0 Å². The number of carbonyl (C=O) groups excluding carboxylic acids is 1. The van der Waals surface area contributed by atoms with Crippen molar-refractivity contribution < 1.29 is 14.6 Å². The van der Waals surface area contributed by atoms with Gasteiger partial charge in [-0.05, 0) is 18.6 Å². The second kappa shape index (κ2) is 4.96. The molecule has 22 heavy (non-hydrogen) atoms. The molecular formula is C19H20O3. The zero-order valence-electron chi connectivity index (χ0n) is 13.3. The third-order valence-corrected chi connectivity index (χ3v) is 4.28. The van der Waals surface area contributed by atoms with Gasteiger partial charge in [-0.25, -0.2) is 4.79 Å². The summed E-state index contributed by atoms with van der Waals surface area (Å²) in [5, 5.41) is 0. The molecule has 3 nitrogen and oxygen atoms in total. The monoisotopic (exact) mass is 296 g/mol. The minimum absolute atomic E-state index is 0.306. The predicted octanol–water partition coefficient (Wildman–Crippen LogP) is 4.39. The van der Waals surface area contributed by atoms with Gasteiger partial charge in [-0.15, -0.1) is 0 Å². The number of fused-ring (bicyclic) bond motifs is 1. The lowest BCUT2D eigenvalue weighted by Gasteiger charge is -2.45. The summed E-state index contributed by atoms with van der Waals surface area (Å²) in [6.07, 6.45) is 0. The van der Waals surface area contributed by atoms with Crippen LogP contribution in [0.4, 0.5) is 0 Å². The molecule has 0 saturated heterocycles. The largest absolute Gasteiger partial charge is 0.373 e. The number of hydrogen-bond acceptors (Lipinski definition) is 3. The van der Waals surface area contributed by atoms with E-state index in [0.29, 0.717) is 5.56 Å². The molecule has 114 valence electrons.